The Hall–Kier alpha value is -3.04. The smallest absolute Gasteiger partial charge is 0.334 e. The van der Waals surface area contributed by atoms with E-state index in [4.69, 9.17) is 22.1 Å². The monoisotopic (exact) mass is 607 g/mol. The summed E-state index contributed by atoms with van der Waals surface area (Å²) in [5.74, 6) is -0.0512. The maximum atomic E-state index is 13.4. The van der Waals surface area contributed by atoms with Gasteiger partial charge in [0.25, 0.3) is 10.0 Å². The summed E-state index contributed by atoms with van der Waals surface area (Å²) in [4.78, 5) is 27.8. The number of hydrogen-bond acceptors (Lipinski definition) is 10. The first-order chi connectivity index (χ1) is 19.1. The molecule has 1 spiro atoms. The van der Waals surface area contributed by atoms with Crippen LogP contribution in [0.25, 0.3) is 0 Å². The van der Waals surface area contributed by atoms with Crippen LogP contribution in [0.2, 0.25) is 5.02 Å². The van der Waals surface area contributed by atoms with Crippen molar-refractivity contribution in [1.29, 1.82) is 0 Å². The predicted octanol–water partition coefficient (Wildman–Crippen LogP) is 3.66. The average molecular weight is 608 g/mol. The number of piperidine rings is 1. The lowest BCUT2D eigenvalue weighted by atomic mass is 9.73. The van der Waals surface area contributed by atoms with Crippen LogP contribution in [-0.4, -0.2) is 61.2 Å². The minimum absolute atomic E-state index is 0.0174. The summed E-state index contributed by atoms with van der Waals surface area (Å²) in [6, 6.07) is 4.84. The number of halogens is 2. The van der Waals surface area contributed by atoms with Crippen LogP contribution < -0.4 is 20.7 Å². The van der Waals surface area contributed by atoms with Crippen LogP contribution in [0.15, 0.2) is 63.7 Å². The first-order valence-electron chi connectivity index (χ1n) is 12.4. The van der Waals surface area contributed by atoms with Gasteiger partial charge in [-0.3, -0.25) is 5.32 Å². The molecule has 2 saturated heterocycles. The van der Waals surface area contributed by atoms with Gasteiger partial charge in [-0.2, -0.15) is 0 Å². The number of anilines is 2. The van der Waals surface area contributed by atoms with Crippen molar-refractivity contribution in [2.24, 2.45) is 11.1 Å². The molecule has 2 fully saturated rings. The zero-order chi connectivity index (χ0) is 28.5. The second-order valence-electron chi connectivity index (χ2n) is 9.69. The molecule has 0 radical (unpaired) electrons. The first-order valence-corrected chi connectivity index (χ1v) is 15.1. The average Bonchev–Trinajstić information content (AvgIpc) is 3.20. The molecule has 3 aromatic rings. The molecule has 2 aliphatic rings. The van der Waals surface area contributed by atoms with Gasteiger partial charge in [-0.05, 0) is 44.0 Å². The molecule has 2 aliphatic heterocycles. The third-order valence-electron chi connectivity index (χ3n) is 7.18. The zero-order valence-corrected chi connectivity index (χ0v) is 23.8. The van der Waals surface area contributed by atoms with E-state index in [2.05, 4.69) is 25.2 Å². The van der Waals surface area contributed by atoms with Crippen LogP contribution in [0, 0.1) is 11.2 Å². The molecule has 40 heavy (non-hydrogen) atoms. The number of aromatic nitrogens is 3. The lowest BCUT2D eigenvalue weighted by Gasteiger charge is -2.41. The summed E-state index contributed by atoms with van der Waals surface area (Å²) >= 11 is 7.65. The van der Waals surface area contributed by atoms with Crippen molar-refractivity contribution < 1.29 is 22.3 Å². The molecule has 0 aliphatic carbocycles. The molecule has 212 valence electrons. The van der Waals surface area contributed by atoms with Crippen molar-refractivity contribution in [3.63, 3.8) is 0 Å². The highest BCUT2D eigenvalue weighted by Gasteiger charge is 2.47. The summed E-state index contributed by atoms with van der Waals surface area (Å²) in [7, 11) is -4.31. The Bertz CT molecular complexity index is 1510. The lowest BCUT2D eigenvalue weighted by Crippen LogP contribution is -2.50. The minimum Gasteiger partial charge on any atom is -0.376 e. The van der Waals surface area contributed by atoms with E-state index >= 15 is 0 Å². The third-order valence-corrected chi connectivity index (χ3v) is 9.98. The molecule has 15 heteroatoms. The van der Waals surface area contributed by atoms with Crippen molar-refractivity contribution >= 4 is 51.1 Å². The Balaban J connectivity index is 1.20. The second kappa shape index (κ2) is 11.4. The highest BCUT2D eigenvalue weighted by Crippen LogP contribution is 2.42. The van der Waals surface area contributed by atoms with Crippen molar-refractivity contribution in [3.05, 3.63) is 59.8 Å². The Morgan fingerprint density at radius 2 is 2.00 bits per heavy atom. The van der Waals surface area contributed by atoms with E-state index in [9.17, 15) is 17.6 Å². The molecule has 2 atom stereocenters. The van der Waals surface area contributed by atoms with Gasteiger partial charge in [-0.25, -0.2) is 37.3 Å². The van der Waals surface area contributed by atoms with Gasteiger partial charge in [0.15, 0.2) is 5.82 Å². The summed E-state index contributed by atoms with van der Waals surface area (Å²) < 4.78 is 45.8. The van der Waals surface area contributed by atoms with E-state index in [0.29, 0.717) is 16.5 Å². The first kappa shape index (κ1) is 28.5. The maximum absolute atomic E-state index is 13.4. The van der Waals surface area contributed by atoms with E-state index in [1.165, 1.54) is 24.0 Å². The second-order valence-corrected chi connectivity index (χ2v) is 12.8. The number of amides is 2. The molecular formula is C25H27ClFN7O4S2. The molecule has 11 nitrogen and oxygen atoms in total. The lowest BCUT2D eigenvalue weighted by molar-refractivity contribution is 0.0974. The summed E-state index contributed by atoms with van der Waals surface area (Å²) in [5, 5.41) is 2.97. The Morgan fingerprint density at radius 1 is 1.23 bits per heavy atom. The number of carbonyl (C=O) groups excluding carboxylic acids is 1. The molecule has 2 amide bonds. The van der Waals surface area contributed by atoms with Gasteiger partial charge in [-0.1, -0.05) is 29.4 Å². The van der Waals surface area contributed by atoms with E-state index in [-0.39, 0.29) is 28.4 Å². The van der Waals surface area contributed by atoms with Crippen LogP contribution in [0.5, 0.6) is 0 Å². The van der Waals surface area contributed by atoms with Gasteiger partial charge in [0, 0.05) is 35.6 Å². The molecule has 0 bridgehead atoms. The van der Waals surface area contributed by atoms with E-state index in [1.54, 1.807) is 18.5 Å². The standard InChI is InChI=1S/C25H27ClFN7O4S2/c1-15-22(28)25(14-38-15)6-9-34(10-7-25)19-12-31-20(13-30-19)39-18-5-8-29-23(21(18)26)32-24(35)33-40(36,37)17-4-2-3-16(27)11-17/h2-5,8,11-13,15,22H,6-7,9-10,14,28H2,1H3,(H2,29,32,33,35)/t15-,22+/m0/s1. The maximum Gasteiger partial charge on any atom is 0.334 e. The normalized spacial score (nSPS) is 20.4. The molecule has 1 aromatic carbocycles. The molecular weight excluding hydrogens is 581 g/mol. The fourth-order valence-electron chi connectivity index (χ4n) is 4.83. The molecule has 0 saturated carbocycles. The molecule has 5 rings (SSSR count). The van der Waals surface area contributed by atoms with Crippen molar-refractivity contribution in [3.8, 4) is 0 Å². The summed E-state index contributed by atoms with van der Waals surface area (Å²) in [5.41, 5.74) is 6.43. The number of rotatable bonds is 6. The van der Waals surface area contributed by atoms with Crippen LogP contribution in [0.1, 0.15) is 19.8 Å². The quantitative estimate of drug-likeness (QED) is 0.378. The number of nitrogens with two attached hydrogens (primary N) is 1. The number of benzene rings is 1. The fraction of sp³-hybridized carbons (Fsp3) is 0.360. The fourth-order valence-corrected chi connectivity index (χ4v) is 6.80. The van der Waals surface area contributed by atoms with Crippen LogP contribution in [0.3, 0.4) is 0 Å². The van der Waals surface area contributed by atoms with Gasteiger partial charge < -0.3 is 15.4 Å². The topological polar surface area (TPSA) is 152 Å². The number of carbonyl (C=O) groups is 1. The minimum atomic E-state index is -4.31. The molecule has 4 N–H and O–H groups in total. The molecule has 0 unspecified atom stereocenters. The Labute approximate surface area is 240 Å². The number of urea groups is 1. The number of nitrogens with zero attached hydrogens (tertiary/aromatic N) is 4. The molecule has 4 heterocycles. The van der Waals surface area contributed by atoms with Crippen molar-refractivity contribution in [1.82, 2.24) is 19.7 Å². The summed E-state index contributed by atoms with van der Waals surface area (Å²) in [6.45, 7) is 4.34. The van der Waals surface area contributed by atoms with E-state index in [0.717, 1.165) is 49.9 Å². The van der Waals surface area contributed by atoms with E-state index in [1.807, 2.05) is 11.6 Å². The van der Waals surface area contributed by atoms with E-state index < -0.39 is 26.8 Å². The zero-order valence-electron chi connectivity index (χ0n) is 21.4. The Kier molecular flexibility index (Phi) is 8.15. The number of sulfonamides is 1. The number of nitrogens with one attached hydrogen (secondary N) is 2. The molecule has 2 aromatic heterocycles. The van der Waals surface area contributed by atoms with Gasteiger partial charge in [0.05, 0.1) is 35.0 Å². The SMILES string of the molecule is C[C@@H]1OCC2(CCN(c3cnc(Sc4ccnc(NC(=O)NS(=O)(=O)c5cccc(F)c5)c4Cl)cn3)CC2)[C@@H]1N. The number of pyridine rings is 1. The van der Waals surface area contributed by atoms with Gasteiger partial charge >= 0.3 is 6.03 Å². The predicted molar refractivity (Wildman–Crippen MR) is 148 cm³/mol. The third kappa shape index (κ3) is 6.00. The van der Waals surface area contributed by atoms with Crippen molar-refractivity contribution in [2.45, 2.75) is 46.7 Å². The largest absolute Gasteiger partial charge is 0.376 e. The van der Waals surface area contributed by atoms with Crippen LogP contribution >= 0.6 is 23.4 Å². The van der Waals surface area contributed by atoms with Gasteiger partial charge in [0.2, 0.25) is 0 Å². The van der Waals surface area contributed by atoms with Crippen LogP contribution in [0.4, 0.5) is 20.8 Å². The van der Waals surface area contributed by atoms with Crippen molar-refractivity contribution in [2.75, 3.05) is 29.9 Å². The number of ether oxygens (including phenoxy) is 1. The van der Waals surface area contributed by atoms with Gasteiger partial charge in [0.1, 0.15) is 16.7 Å². The van der Waals surface area contributed by atoms with Crippen LogP contribution in [-0.2, 0) is 14.8 Å². The highest BCUT2D eigenvalue weighted by molar-refractivity contribution is 7.99. The highest BCUT2D eigenvalue weighted by atomic mass is 35.5. The Morgan fingerprint density at radius 3 is 2.65 bits per heavy atom. The van der Waals surface area contributed by atoms with Gasteiger partial charge in [-0.15, -0.1) is 0 Å². The number of hydrogen-bond donors (Lipinski definition) is 3. The summed E-state index contributed by atoms with van der Waals surface area (Å²) in [6.07, 6.45) is 6.67.